The molecule has 0 aliphatic heterocycles. The lowest BCUT2D eigenvalue weighted by Crippen LogP contribution is -2.06. The lowest BCUT2D eigenvalue weighted by Gasteiger charge is -2.23. The first-order chi connectivity index (χ1) is 23.2. The molecule has 0 spiro atoms. The second-order valence-electron chi connectivity index (χ2n) is 13.5. The van der Waals surface area contributed by atoms with E-state index in [1.54, 1.807) is 0 Å². The minimum Gasteiger partial charge on any atom is -0.310 e. The Kier molecular flexibility index (Phi) is 6.89. The molecular formula is C45H38N2. The number of aryl methyl sites for hydroxylation is 1. The molecule has 3 aliphatic carbocycles. The maximum absolute atomic E-state index is 4.48. The number of rotatable bonds is 6. The Bertz CT molecular complexity index is 2250. The van der Waals surface area contributed by atoms with Crippen LogP contribution >= 0.6 is 0 Å². The van der Waals surface area contributed by atoms with Crippen LogP contribution in [0.15, 0.2) is 134 Å². The van der Waals surface area contributed by atoms with Crippen molar-refractivity contribution in [1.82, 2.24) is 9.55 Å². The summed E-state index contributed by atoms with van der Waals surface area (Å²) in [6.45, 7) is 2.36. The van der Waals surface area contributed by atoms with E-state index in [1.165, 1.54) is 90.8 Å². The fraction of sp³-hybridized carbons (Fsp3) is 0.178. The quantitative estimate of drug-likeness (QED) is 0.184. The summed E-state index contributed by atoms with van der Waals surface area (Å²) >= 11 is 0. The zero-order valence-electron chi connectivity index (χ0n) is 26.9. The van der Waals surface area contributed by atoms with Crippen molar-refractivity contribution in [3.8, 4) is 27.9 Å². The lowest BCUT2D eigenvalue weighted by molar-refractivity contribution is 0.758. The number of pyridine rings is 1. The minimum atomic E-state index is 0.500. The van der Waals surface area contributed by atoms with Crippen molar-refractivity contribution in [3.63, 3.8) is 0 Å². The molecule has 0 saturated heterocycles. The van der Waals surface area contributed by atoms with Gasteiger partial charge in [0.25, 0.3) is 0 Å². The number of para-hydroxylation sites is 1. The Balaban J connectivity index is 1.06. The van der Waals surface area contributed by atoms with E-state index in [1.807, 2.05) is 6.20 Å². The van der Waals surface area contributed by atoms with Crippen LogP contribution < -0.4 is 0 Å². The summed E-state index contributed by atoms with van der Waals surface area (Å²) in [7, 11) is 0. The Morgan fingerprint density at radius 2 is 1.47 bits per heavy atom. The van der Waals surface area contributed by atoms with Crippen LogP contribution in [0.1, 0.15) is 66.5 Å². The van der Waals surface area contributed by atoms with Crippen LogP contribution in [-0.4, -0.2) is 9.55 Å². The molecule has 2 heterocycles. The molecule has 0 amide bonds. The van der Waals surface area contributed by atoms with Gasteiger partial charge in [-0.25, -0.2) is 0 Å². The van der Waals surface area contributed by atoms with Gasteiger partial charge in [-0.15, -0.1) is 0 Å². The van der Waals surface area contributed by atoms with Crippen molar-refractivity contribution in [3.05, 3.63) is 162 Å². The van der Waals surface area contributed by atoms with Gasteiger partial charge in [0.2, 0.25) is 0 Å². The molecule has 2 heteroatoms. The van der Waals surface area contributed by atoms with Crippen LogP contribution in [0.3, 0.4) is 0 Å². The van der Waals surface area contributed by atoms with E-state index in [4.69, 9.17) is 0 Å². The van der Waals surface area contributed by atoms with Crippen LogP contribution in [0.2, 0.25) is 0 Å². The maximum atomic E-state index is 4.48. The summed E-state index contributed by atoms with van der Waals surface area (Å²) in [5.41, 5.74) is 17.1. The van der Waals surface area contributed by atoms with E-state index >= 15 is 0 Å². The van der Waals surface area contributed by atoms with Gasteiger partial charge < -0.3 is 4.57 Å². The van der Waals surface area contributed by atoms with Crippen LogP contribution in [0, 0.1) is 5.92 Å². The van der Waals surface area contributed by atoms with Crippen molar-refractivity contribution in [2.24, 2.45) is 5.92 Å². The van der Waals surface area contributed by atoms with E-state index in [0.717, 1.165) is 19.3 Å². The molecule has 2 nitrogen and oxygen atoms in total. The summed E-state index contributed by atoms with van der Waals surface area (Å²) in [5.74, 6) is 1.18. The topological polar surface area (TPSA) is 17.8 Å². The molecule has 228 valence electrons. The van der Waals surface area contributed by atoms with Gasteiger partial charge in [0, 0.05) is 29.2 Å². The molecule has 1 unspecified atom stereocenters. The smallest absolute Gasteiger partial charge is 0.0537 e. The van der Waals surface area contributed by atoms with Crippen molar-refractivity contribution in [2.75, 3.05) is 0 Å². The van der Waals surface area contributed by atoms with Gasteiger partial charge in [-0.3, -0.25) is 4.98 Å². The standard InChI is InChI=1S/C45H38N2/c1-30-19-20-37(28-42(30)39-23-24-46-29-43(39)31-21-22-31)35-12-7-10-33(26-35)32-9-6-11-34(25-32)36-13-8-14-38(27-36)47-44-17-4-2-15-40(44)41-16-3-5-18-45(41)47/h2,4-15,17-18,20,23-31H,3,16,19,21-22H2,1H3. The molecule has 9 rings (SSSR count). The van der Waals surface area contributed by atoms with Crippen LogP contribution in [0.25, 0.3) is 56.1 Å². The molecule has 4 aromatic carbocycles. The molecule has 6 aromatic rings. The highest BCUT2D eigenvalue weighted by molar-refractivity contribution is 5.91. The Hall–Kier alpha value is -5.21. The minimum absolute atomic E-state index is 0.500. The summed E-state index contributed by atoms with van der Waals surface area (Å²) in [6.07, 6.45) is 19.4. The summed E-state index contributed by atoms with van der Waals surface area (Å²) in [5, 5.41) is 1.37. The van der Waals surface area contributed by atoms with Gasteiger partial charge >= 0.3 is 0 Å². The zero-order valence-corrected chi connectivity index (χ0v) is 26.9. The number of hydrogen-bond acceptors (Lipinski definition) is 1. The monoisotopic (exact) mass is 606 g/mol. The highest BCUT2D eigenvalue weighted by Crippen LogP contribution is 2.46. The largest absolute Gasteiger partial charge is 0.310 e. The Morgan fingerprint density at radius 3 is 2.28 bits per heavy atom. The molecule has 0 radical (unpaired) electrons. The SMILES string of the molecule is CC1CC=C(c2cccc(-c3cccc(-c4cccc(-n5c6c(c7ccccc75)CCC=C6)c4)c3)c2)C=C1c1ccncc1C1CC1. The second kappa shape index (κ2) is 11.5. The molecule has 3 aliphatic rings. The van der Waals surface area contributed by atoms with Gasteiger partial charge in [0.05, 0.1) is 5.52 Å². The first-order valence-corrected chi connectivity index (χ1v) is 17.2. The number of benzene rings is 4. The van der Waals surface area contributed by atoms with Gasteiger partial charge in [0.15, 0.2) is 0 Å². The Labute approximate surface area is 277 Å². The molecular weight excluding hydrogens is 569 g/mol. The zero-order chi connectivity index (χ0) is 31.3. The van der Waals surface area contributed by atoms with Crippen molar-refractivity contribution < 1.29 is 0 Å². The summed E-state index contributed by atoms with van der Waals surface area (Å²) in [4.78, 5) is 4.48. The number of aromatic nitrogens is 2. The van der Waals surface area contributed by atoms with Crippen molar-refractivity contribution >= 4 is 28.1 Å². The fourth-order valence-electron chi connectivity index (χ4n) is 7.78. The molecule has 1 atom stereocenters. The molecule has 1 saturated carbocycles. The van der Waals surface area contributed by atoms with Crippen LogP contribution in [0.4, 0.5) is 0 Å². The molecule has 1 fully saturated rings. The second-order valence-corrected chi connectivity index (χ2v) is 13.5. The van der Waals surface area contributed by atoms with Crippen LogP contribution in [0.5, 0.6) is 0 Å². The molecule has 0 bridgehead atoms. The number of allylic oxidation sites excluding steroid dienone is 5. The van der Waals surface area contributed by atoms with E-state index in [2.05, 4.69) is 150 Å². The van der Waals surface area contributed by atoms with Gasteiger partial charge in [-0.1, -0.05) is 91.9 Å². The van der Waals surface area contributed by atoms with E-state index in [0.29, 0.717) is 11.8 Å². The predicted octanol–water partition coefficient (Wildman–Crippen LogP) is 11.7. The first kappa shape index (κ1) is 28.0. The third-order valence-corrected chi connectivity index (χ3v) is 10.4. The van der Waals surface area contributed by atoms with Gasteiger partial charge in [0.1, 0.15) is 0 Å². The molecule has 2 aromatic heterocycles. The van der Waals surface area contributed by atoms with E-state index < -0.39 is 0 Å². The molecule has 0 N–H and O–H groups in total. The third kappa shape index (κ3) is 5.09. The summed E-state index contributed by atoms with van der Waals surface area (Å²) < 4.78 is 2.44. The Morgan fingerprint density at radius 1 is 0.745 bits per heavy atom. The summed E-state index contributed by atoms with van der Waals surface area (Å²) in [6, 6.07) is 38.2. The highest BCUT2D eigenvalue weighted by atomic mass is 15.0. The average molecular weight is 607 g/mol. The highest BCUT2D eigenvalue weighted by Gasteiger charge is 2.29. The third-order valence-electron chi connectivity index (χ3n) is 10.4. The van der Waals surface area contributed by atoms with Crippen LogP contribution in [-0.2, 0) is 6.42 Å². The number of fused-ring (bicyclic) bond motifs is 3. The first-order valence-electron chi connectivity index (χ1n) is 17.2. The predicted molar refractivity (Wildman–Crippen MR) is 197 cm³/mol. The van der Waals surface area contributed by atoms with Gasteiger partial charge in [-0.05, 0) is 142 Å². The lowest BCUT2D eigenvalue weighted by atomic mass is 9.82. The number of nitrogens with zero attached hydrogens (tertiary/aromatic N) is 2. The maximum Gasteiger partial charge on any atom is 0.0537 e. The average Bonchev–Trinajstić information content (AvgIpc) is 3.93. The van der Waals surface area contributed by atoms with Crippen molar-refractivity contribution in [1.29, 1.82) is 0 Å². The van der Waals surface area contributed by atoms with E-state index in [9.17, 15) is 0 Å². The molecule has 47 heavy (non-hydrogen) atoms. The van der Waals surface area contributed by atoms with Crippen molar-refractivity contribution in [2.45, 2.75) is 44.9 Å². The van der Waals surface area contributed by atoms with E-state index in [-0.39, 0.29) is 0 Å². The normalized spacial score (nSPS) is 17.3. The number of hydrogen-bond donors (Lipinski definition) is 0. The fourth-order valence-corrected chi connectivity index (χ4v) is 7.78. The van der Waals surface area contributed by atoms with Gasteiger partial charge in [-0.2, -0.15) is 0 Å².